The van der Waals surface area contributed by atoms with Crippen LogP contribution in [0.3, 0.4) is 0 Å². The molecule has 0 aliphatic carbocycles. The van der Waals surface area contributed by atoms with Crippen molar-refractivity contribution in [3.8, 4) is 5.75 Å². The first-order valence-electron chi connectivity index (χ1n) is 3.89. The van der Waals surface area contributed by atoms with E-state index in [0.717, 1.165) is 0 Å². The lowest BCUT2D eigenvalue weighted by Crippen LogP contribution is -2.17. The zero-order chi connectivity index (χ0) is 9.26. The van der Waals surface area contributed by atoms with E-state index in [-0.39, 0.29) is 5.82 Å². The van der Waals surface area contributed by atoms with Gasteiger partial charge in [0.25, 0.3) is 0 Å². The van der Waals surface area contributed by atoms with Crippen molar-refractivity contribution < 1.29 is 13.9 Å². The zero-order valence-corrected chi connectivity index (χ0v) is 6.74. The Hall–Kier alpha value is -1.64. The summed E-state index contributed by atoms with van der Waals surface area (Å²) in [6, 6.07) is 4.19. The maximum absolute atomic E-state index is 12.7. The Morgan fingerprint density at radius 3 is 3.08 bits per heavy atom. The Kier molecular flexibility index (Phi) is 1.85. The molecule has 1 atom stereocenters. The van der Waals surface area contributed by atoms with E-state index >= 15 is 0 Å². The van der Waals surface area contributed by atoms with Crippen molar-refractivity contribution in [3.05, 3.63) is 35.7 Å². The molecule has 0 aromatic heterocycles. The highest BCUT2D eigenvalue weighted by Crippen LogP contribution is 2.25. The third kappa shape index (κ3) is 1.45. The van der Waals surface area contributed by atoms with Crippen LogP contribution in [-0.4, -0.2) is 12.4 Å². The van der Waals surface area contributed by atoms with Gasteiger partial charge in [0, 0.05) is 5.56 Å². The van der Waals surface area contributed by atoms with Gasteiger partial charge in [-0.2, -0.15) is 0 Å². The van der Waals surface area contributed by atoms with Crippen LogP contribution in [0.2, 0.25) is 0 Å². The van der Waals surface area contributed by atoms with E-state index < -0.39 is 6.10 Å². The first-order valence-corrected chi connectivity index (χ1v) is 3.89. The number of rotatable bonds is 1. The van der Waals surface area contributed by atoms with Crippen LogP contribution in [0.25, 0.3) is 6.08 Å². The maximum atomic E-state index is 12.7. The summed E-state index contributed by atoms with van der Waals surface area (Å²) < 4.78 is 17.9. The quantitative estimate of drug-likeness (QED) is 0.613. The molecule has 13 heavy (non-hydrogen) atoms. The first kappa shape index (κ1) is 7.98. The van der Waals surface area contributed by atoms with Gasteiger partial charge in [-0.1, -0.05) is 6.08 Å². The van der Waals surface area contributed by atoms with Gasteiger partial charge in [0.2, 0.25) is 0 Å². The molecule has 1 heterocycles. The first-order chi connectivity index (χ1) is 6.29. The SMILES string of the molecule is O=CC1C=Cc2cc(F)ccc2O1. The normalized spacial score (nSPS) is 19.0. The Labute approximate surface area is 74.6 Å². The number of carbonyl (C=O) groups excluding carboxylic acids is 1. The molecule has 2 nitrogen and oxygen atoms in total. The Morgan fingerprint density at radius 2 is 2.31 bits per heavy atom. The second-order valence-corrected chi connectivity index (χ2v) is 2.76. The Balaban J connectivity index is 2.40. The van der Waals surface area contributed by atoms with Gasteiger partial charge < -0.3 is 4.74 Å². The molecule has 1 unspecified atom stereocenters. The summed E-state index contributed by atoms with van der Waals surface area (Å²) in [7, 11) is 0. The van der Waals surface area contributed by atoms with Crippen molar-refractivity contribution in [1.82, 2.24) is 0 Å². The van der Waals surface area contributed by atoms with Crippen molar-refractivity contribution in [3.63, 3.8) is 0 Å². The lowest BCUT2D eigenvalue weighted by atomic mass is 10.1. The minimum absolute atomic E-state index is 0.309. The second-order valence-electron chi connectivity index (χ2n) is 2.76. The van der Waals surface area contributed by atoms with Crippen molar-refractivity contribution in [2.45, 2.75) is 6.10 Å². The highest BCUT2D eigenvalue weighted by molar-refractivity contribution is 5.69. The smallest absolute Gasteiger partial charge is 0.172 e. The second kappa shape index (κ2) is 3.01. The number of ether oxygens (including phenoxy) is 1. The number of halogens is 1. The minimum Gasteiger partial charge on any atom is -0.478 e. The zero-order valence-electron chi connectivity index (χ0n) is 6.74. The fourth-order valence-electron chi connectivity index (χ4n) is 1.21. The summed E-state index contributed by atoms with van der Waals surface area (Å²) in [5, 5.41) is 0. The van der Waals surface area contributed by atoms with Crippen LogP contribution in [0.15, 0.2) is 24.3 Å². The Bertz CT molecular complexity index is 371. The molecular weight excluding hydrogens is 171 g/mol. The molecule has 0 bridgehead atoms. The van der Waals surface area contributed by atoms with Gasteiger partial charge in [-0.15, -0.1) is 0 Å². The molecule has 0 radical (unpaired) electrons. The van der Waals surface area contributed by atoms with E-state index in [9.17, 15) is 9.18 Å². The van der Waals surface area contributed by atoms with Crippen molar-refractivity contribution in [1.29, 1.82) is 0 Å². The molecule has 0 spiro atoms. The summed E-state index contributed by atoms with van der Waals surface area (Å²) in [5.41, 5.74) is 0.665. The van der Waals surface area contributed by atoms with E-state index in [1.165, 1.54) is 18.2 Å². The molecule has 1 aliphatic heterocycles. The molecule has 0 amide bonds. The topological polar surface area (TPSA) is 26.3 Å². The minimum atomic E-state index is -0.544. The molecule has 0 fully saturated rings. The lowest BCUT2D eigenvalue weighted by molar-refractivity contribution is -0.112. The van der Waals surface area contributed by atoms with Crippen molar-refractivity contribution in [2.75, 3.05) is 0 Å². The molecule has 0 N–H and O–H groups in total. The predicted octanol–water partition coefficient (Wildman–Crippen LogP) is 1.80. The predicted molar refractivity (Wildman–Crippen MR) is 45.9 cm³/mol. The van der Waals surface area contributed by atoms with Gasteiger partial charge in [-0.3, -0.25) is 4.79 Å². The standard InChI is InChI=1S/C10H7FO2/c11-8-2-4-10-7(5-8)1-3-9(6-12)13-10/h1-6,9H. The van der Waals surface area contributed by atoms with Crippen LogP contribution in [0.5, 0.6) is 5.75 Å². The fraction of sp³-hybridized carbons (Fsp3) is 0.100. The van der Waals surface area contributed by atoms with Crippen LogP contribution < -0.4 is 4.74 Å². The fourth-order valence-corrected chi connectivity index (χ4v) is 1.21. The van der Waals surface area contributed by atoms with Crippen molar-refractivity contribution >= 4 is 12.4 Å². The average Bonchev–Trinajstić information content (AvgIpc) is 2.17. The lowest BCUT2D eigenvalue weighted by Gasteiger charge is -2.16. The molecule has 3 heteroatoms. The molecule has 1 aromatic carbocycles. The molecule has 0 saturated heterocycles. The number of hydrogen-bond acceptors (Lipinski definition) is 2. The number of hydrogen-bond donors (Lipinski definition) is 0. The number of fused-ring (bicyclic) bond motifs is 1. The Morgan fingerprint density at radius 1 is 1.46 bits per heavy atom. The maximum Gasteiger partial charge on any atom is 0.172 e. The van der Waals surface area contributed by atoms with Gasteiger partial charge in [0.1, 0.15) is 11.6 Å². The number of benzene rings is 1. The molecular formula is C10H7FO2. The van der Waals surface area contributed by atoms with Gasteiger partial charge in [-0.05, 0) is 24.3 Å². The number of carbonyl (C=O) groups is 1. The molecule has 66 valence electrons. The van der Waals surface area contributed by atoms with Gasteiger partial charge in [0.05, 0.1) is 0 Å². The number of aldehydes is 1. The summed E-state index contributed by atoms with van der Waals surface area (Å²) in [6.45, 7) is 0. The molecule has 2 rings (SSSR count). The molecule has 0 saturated carbocycles. The molecule has 1 aliphatic rings. The van der Waals surface area contributed by atoms with Gasteiger partial charge in [0.15, 0.2) is 12.4 Å². The molecule has 1 aromatic rings. The van der Waals surface area contributed by atoms with Gasteiger partial charge in [-0.25, -0.2) is 4.39 Å². The highest BCUT2D eigenvalue weighted by Gasteiger charge is 2.13. The van der Waals surface area contributed by atoms with E-state index in [1.807, 2.05) is 0 Å². The summed E-state index contributed by atoms with van der Waals surface area (Å²) >= 11 is 0. The van der Waals surface area contributed by atoms with E-state index in [2.05, 4.69) is 0 Å². The summed E-state index contributed by atoms with van der Waals surface area (Å²) in [6.07, 6.45) is 3.43. The van der Waals surface area contributed by atoms with Crippen LogP contribution >= 0.6 is 0 Å². The summed E-state index contributed by atoms with van der Waals surface area (Å²) in [5.74, 6) is 0.234. The summed E-state index contributed by atoms with van der Waals surface area (Å²) in [4.78, 5) is 10.4. The van der Waals surface area contributed by atoms with Crippen LogP contribution in [0.4, 0.5) is 4.39 Å². The highest BCUT2D eigenvalue weighted by atomic mass is 19.1. The van der Waals surface area contributed by atoms with Gasteiger partial charge >= 0.3 is 0 Å². The van der Waals surface area contributed by atoms with Crippen LogP contribution in [0.1, 0.15) is 5.56 Å². The largest absolute Gasteiger partial charge is 0.478 e. The van der Waals surface area contributed by atoms with Crippen LogP contribution in [-0.2, 0) is 4.79 Å². The third-order valence-electron chi connectivity index (χ3n) is 1.83. The third-order valence-corrected chi connectivity index (χ3v) is 1.83. The van der Waals surface area contributed by atoms with Crippen LogP contribution in [0, 0.1) is 5.82 Å². The van der Waals surface area contributed by atoms with E-state index in [4.69, 9.17) is 4.74 Å². The van der Waals surface area contributed by atoms with E-state index in [0.29, 0.717) is 17.6 Å². The monoisotopic (exact) mass is 178 g/mol. The average molecular weight is 178 g/mol. The van der Waals surface area contributed by atoms with E-state index in [1.54, 1.807) is 12.2 Å². The van der Waals surface area contributed by atoms with Crippen molar-refractivity contribution in [2.24, 2.45) is 0 Å².